The first kappa shape index (κ1) is 16.3. The van der Waals surface area contributed by atoms with Crippen molar-refractivity contribution in [3.8, 4) is 5.69 Å². The molecular formula is C17H20N4O3S. The molecule has 2 fully saturated rings. The monoisotopic (exact) mass is 360 g/mol. The van der Waals surface area contributed by atoms with Gasteiger partial charge in [-0.3, -0.25) is 9.69 Å². The number of fused-ring (bicyclic) bond motifs is 1. The number of sulfone groups is 1. The molecule has 0 radical (unpaired) electrons. The molecule has 0 aliphatic carbocycles. The molecule has 3 heterocycles. The van der Waals surface area contributed by atoms with Crippen LogP contribution in [0.15, 0.2) is 42.7 Å². The van der Waals surface area contributed by atoms with E-state index in [-0.39, 0.29) is 29.5 Å². The molecule has 132 valence electrons. The van der Waals surface area contributed by atoms with Gasteiger partial charge in [-0.25, -0.2) is 13.1 Å². The van der Waals surface area contributed by atoms with Crippen molar-refractivity contribution in [1.29, 1.82) is 0 Å². The summed E-state index contributed by atoms with van der Waals surface area (Å²) >= 11 is 0. The third-order valence-corrected chi connectivity index (χ3v) is 6.76. The smallest absolute Gasteiger partial charge is 0.257 e. The lowest BCUT2D eigenvalue weighted by Crippen LogP contribution is -2.59. The van der Waals surface area contributed by atoms with Gasteiger partial charge in [-0.15, -0.1) is 0 Å². The molecule has 0 saturated carbocycles. The number of hydrogen-bond donors (Lipinski definition) is 0. The van der Waals surface area contributed by atoms with Gasteiger partial charge in [-0.1, -0.05) is 18.2 Å². The third-order valence-electron chi connectivity index (χ3n) is 5.06. The van der Waals surface area contributed by atoms with Gasteiger partial charge in [0.05, 0.1) is 35.0 Å². The highest BCUT2D eigenvalue weighted by atomic mass is 32.2. The minimum Gasteiger partial charge on any atom is -0.332 e. The topological polar surface area (TPSA) is 75.5 Å². The molecule has 0 spiro atoms. The Hall–Kier alpha value is -2.19. The molecule has 25 heavy (non-hydrogen) atoms. The number of likely N-dealkylation sites (N-methyl/N-ethyl adjacent to an activating group) is 1. The lowest BCUT2D eigenvalue weighted by Gasteiger charge is -2.42. The van der Waals surface area contributed by atoms with Crippen molar-refractivity contribution in [1.82, 2.24) is 19.6 Å². The van der Waals surface area contributed by atoms with E-state index in [1.54, 1.807) is 22.0 Å². The average Bonchev–Trinajstić information content (AvgIpc) is 3.20. The number of hydrogen-bond acceptors (Lipinski definition) is 5. The lowest BCUT2D eigenvalue weighted by molar-refractivity contribution is 0.0410. The van der Waals surface area contributed by atoms with E-state index >= 15 is 0 Å². The molecule has 0 unspecified atom stereocenters. The zero-order valence-electron chi connectivity index (χ0n) is 13.9. The number of aromatic nitrogens is 2. The Balaban J connectivity index is 1.60. The molecule has 8 heteroatoms. The van der Waals surface area contributed by atoms with Gasteiger partial charge in [-0.05, 0) is 19.2 Å². The third kappa shape index (κ3) is 2.96. The summed E-state index contributed by atoms with van der Waals surface area (Å²) in [6, 6.07) is 9.17. The number of para-hydroxylation sites is 1. The Morgan fingerprint density at radius 3 is 2.60 bits per heavy atom. The van der Waals surface area contributed by atoms with Crippen LogP contribution in [0.25, 0.3) is 5.69 Å². The summed E-state index contributed by atoms with van der Waals surface area (Å²) < 4.78 is 25.8. The van der Waals surface area contributed by atoms with Crippen molar-refractivity contribution in [2.45, 2.75) is 12.1 Å². The van der Waals surface area contributed by atoms with Crippen LogP contribution in [0.5, 0.6) is 0 Å². The number of rotatable bonds is 2. The van der Waals surface area contributed by atoms with Gasteiger partial charge < -0.3 is 4.90 Å². The van der Waals surface area contributed by atoms with E-state index in [9.17, 15) is 13.2 Å². The average molecular weight is 360 g/mol. The number of carbonyl (C=O) groups excluding carboxylic acids is 1. The molecule has 0 bridgehead atoms. The summed E-state index contributed by atoms with van der Waals surface area (Å²) in [5.41, 5.74) is 1.36. The number of amides is 1. The summed E-state index contributed by atoms with van der Waals surface area (Å²) in [5.74, 6) is 0.0179. The largest absolute Gasteiger partial charge is 0.332 e. The first-order chi connectivity index (χ1) is 11.9. The quantitative estimate of drug-likeness (QED) is 0.776. The Bertz CT molecular complexity index is 894. The maximum Gasteiger partial charge on any atom is 0.257 e. The predicted octanol–water partition coefficient (Wildman–Crippen LogP) is 0.425. The van der Waals surface area contributed by atoms with Crippen LogP contribution in [-0.4, -0.2) is 77.6 Å². The second-order valence-electron chi connectivity index (χ2n) is 6.70. The van der Waals surface area contributed by atoms with Crippen LogP contribution in [0, 0.1) is 0 Å². The van der Waals surface area contributed by atoms with Crippen LogP contribution in [-0.2, 0) is 9.84 Å². The zero-order chi connectivity index (χ0) is 17.6. The molecular weight excluding hydrogens is 340 g/mol. The molecule has 2 atom stereocenters. The van der Waals surface area contributed by atoms with E-state index in [1.807, 2.05) is 42.3 Å². The Kier molecular flexibility index (Phi) is 3.88. The minimum absolute atomic E-state index is 0.0422. The molecule has 7 nitrogen and oxygen atoms in total. The molecule has 4 rings (SSSR count). The van der Waals surface area contributed by atoms with Crippen molar-refractivity contribution in [3.05, 3.63) is 48.3 Å². The van der Waals surface area contributed by atoms with Gasteiger partial charge in [0.1, 0.15) is 0 Å². The van der Waals surface area contributed by atoms with Crippen LogP contribution in [0.3, 0.4) is 0 Å². The van der Waals surface area contributed by atoms with E-state index in [0.717, 1.165) is 5.69 Å². The van der Waals surface area contributed by atoms with Gasteiger partial charge >= 0.3 is 0 Å². The number of nitrogens with zero attached hydrogens (tertiary/aromatic N) is 4. The summed E-state index contributed by atoms with van der Waals surface area (Å²) in [6.07, 6.45) is 3.25. The van der Waals surface area contributed by atoms with Crippen molar-refractivity contribution >= 4 is 15.7 Å². The number of benzene rings is 1. The van der Waals surface area contributed by atoms with E-state index in [1.165, 1.54) is 0 Å². The van der Waals surface area contributed by atoms with Gasteiger partial charge in [0.15, 0.2) is 9.84 Å². The second-order valence-corrected chi connectivity index (χ2v) is 8.85. The zero-order valence-corrected chi connectivity index (χ0v) is 14.8. The highest BCUT2D eigenvalue weighted by Crippen LogP contribution is 2.27. The predicted molar refractivity (Wildman–Crippen MR) is 93.5 cm³/mol. The molecule has 2 aliphatic rings. The number of carbonyl (C=O) groups is 1. The van der Waals surface area contributed by atoms with E-state index in [4.69, 9.17) is 0 Å². The fourth-order valence-electron chi connectivity index (χ4n) is 3.70. The standard InChI is InChI=1S/C17H20N4O3S/c1-19-7-8-20(16-12-25(23,24)11-15(16)19)17(22)13-9-18-21(10-13)14-5-3-2-4-6-14/h2-6,9-10,15-16H,7-8,11-12H2,1H3/t15-,16+/m1/s1. The first-order valence-corrected chi connectivity index (χ1v) is 10.1. The summed E-state index contributed by atoms with van der Waals surface area (Å²) in [4.78, 5) is 16.7. The lowest BCUT2D eigenvalue weighted by atomic mass is 10.0. The molecule has 1 aromatic heterocycles. The van der Waals surface area contributed by atoms with Crippen molar-refractivity contribution in [2.24, 2.45) is 0 Å². The maximum absolute atomic E-state index is 13.0. The summed E-state index contributed by atoms with van der Waals surface area (Å²) in [5, 5.41) is 4.27. The first-order valence-electron chi connectivity index (χ1n) is 8.26. The summed E-state index contributed by atoms with van der Waals surface area (Å²) in [7, 11) is -1.18. The van der Waals surface area contributed by atoms with Gasteiger partial charge in [0, 0.05) is 25.3 Å². The van der Waals surface area contributed by atoms with Gasteiger partial charge in [0.2, 0.25) is 0 Å². The van der Waals surface area contributed by atoms with Crippen LogP contribution < -0.4 is 0 Å². The van der Waals surface area contributed by atoms with Crippen molar-refractivity contribution in [2.75, 3.05) is 31.6 Å². The second kappa shape index (κ2) is 5.96. The molecule has 1 aromatic carbocycles. The van der Waals surface area contributed by atoms with Crippen LogP contribution in [0.1, 0.15) is 10.4 Å². The van der Waals surface area contributed by atoms with Crippen LogP contribution >= 0.6 is 0 Å². The summed E-state index contributed by atoms with van der Waals surface area (Å²) in [6.45, 7) is 1.21. The van der Waals surface area contributed by atoms with E-state index in [0.29, 0.717) is 18.7 Å². The van der Waals surface area contributed by atoms with Gasteiger partial charge in [0.25, 0.3) is 5.91 Å². The molecule has 1 amide bonds. The van der Waals surface area contributed by atoms with Crippen molar-refractivity contribution < 1.29 is 13.2 Å². The van der Waals surface area contributed by atoms with Crippen LogP contribution in [0.2, 0.25) is 0 Å². The Morgan fingerprint density at radius 1 is 1.12 bits per heavy atom. The van der Waals surface area contributed by atoms with Gasteiger partial charge in [-0.2, -0.15) is 5.10 Å². The highest BCUT2D eigenvalue weighted by Gasteiger charge is 2.47. The number of piperazine rings is 1. The fraction of sp³-hybridized carbons (Fsp3) is 0.412. The van der Waals surface area contributed by atoms with Crippen LogP contribution in [0.4, 0.5) is 0 Å². The fourth-order valence-corrected chi connectivity index (χ4v) is 5.75. The molecule has 0 N–H and O–H groups in total. The Morgan fingerprint density at radius 2 is 1.84 bits per heavy atom. The van der Waals surface area contributed by atoms with E-state index < -0.39 is 9.84 Å². The SMILES string of the molecule is CN1CCN(C(=O)c2cnn(-c3ccccc3)c2)[C@H]2CS(=O)(=O)C[C@H]21. The normalized spacial score (nSPS) is 25.7. The molecule has 2 saturated heterocycles. The molecule has 2 aliphatic heterocycles. The minimum atomic E-state index is -3.10. The molecule has 2 aromatic rings. The van der Waals surface area contributed by atoms with Crippen molar-refractivity contribution in [3.63, 3.8) is 0 Å². The highest BCUT2D eigenvalue weighted by molar-refractivity contribution is 7.91. The maximum atomic E-state index is 13.0. The van der Waals surface area contributed by atoms with E-state index in [2.05, 4.69) is 5.10 Å². The Labute approximate surface area is 146 Å².